The molecule has 0 atom stereocenters. The van der Waals surface area contributed by atoms with Gasteiger partial charge in [-0.2, -0.15) is 0 Å². The molecule has 0 saturated heterocycles. The lowest BCUT2D eigenvalue weighted by atomic mass is 10.0. The highest BCUT2D eigenvalue weighted by Crippen LogP contribution is 2.25. The SMILES string of the molecule is CCOC(=O)/C=C/c1ccc(N)c2ccccc12. The molecule has 0 heterocycles. The maximum Gasteiger partial charge on any atom is 0.330 e. The van der Waals surface area contributed by atoms with Crippen LogP contribution in [-0.4, -0.2) is 12.6 Å². The second-order valence-electron chi connectivity index (χ2n) is 3.87. The summed E-state index contributed by atoms with van der Waals surface area (Å²) in [4.78, 5) is 11.3. The lowest BCUT2D eigenvalue weighted by Gasteiger charge is -2.05. The van der Waals surface area contributed by atoms with E-state index in [0.29, 0.717) is 6.61 Å². The van der Waals surface area contributed by atoms with Crippen molar-refractivity contribution in [3.63, 3.8) is 0 Å². The number of nitrogens with two attached hydrogens (primary N) is 1. The van der Waals surface area contributed by atoms with Gasteiger partial charge in [0.25, 0.3) is 0 Å². The molecule has 0 spiro atoms. The number of carbonyl (C=O) groups excluding carboxylic acids is 1. The molecule has 3 heteroatoms. The van der Waals surface area contributed by atoms with Gasteiger partial charge in [0.15, 0.2) is 0 Å². The largest absolute Gasteiger partial charge is 0.463 e. The average molecular weight is 241 g/mol. The second kappa shape index (κ2) is 5.36. The fourth-order valence-corrected chi connectivity index (χ4v) is 1.84. The third-order valence-electron chi connectivity index (χ3n) is 2.68. The van der Waals surface area contributed by atoms with E-state index in [2.05, 4.69) is 0 Å². The number of hydrogen-bond donors (Lipinski definition) is 1. The molecule has 0 aliphatic heterocycles. The topological polar surface area (TPSA) is 52.3 Å². The van der Waals surface area contributed by atoms with Gasteiger partial charge in [-0.05, 0) is 30.0 Å². The van der Waals surface area contributed by atoms with E-state index in [-0.39, 0.29) is 5.97 Å². The van der Waals surface area contributed by atoms with E-state index in [1.807, 2.05) is 36.4 Å². The zero-order valence-corrected chi connectivity index (χ0v) is 10.2. The molecule has 0 aromatic heterocycles. The lowest BCUT2D eigenvalue weighted by molar-refractivity contribution is -0.137. The van der Waals surface area contributed by atoms with Crippen molar-refractivity contribution >= 4 is 28.5 Å². The van der Waals surface area contributed by atoms with E-state index in [0.717, 1.165) is 22.0 Å². The number of anilines is 1. The van der Waals surface area contributed by atoms with Gasteiger partial charge < -0.3 is 10.5 Å². The van der Waals surface area contributed by atoms with Crippen molar-refractivity contribution in [1.82, 2.24) is 0 Å². The summed E-state index contributed by atoms with van der Waals surface area (Å²) in [6.07, 6.45) is 3.18. The molecule has 3 nitrogen and oxygen atoms in total. The van der Waals surface area contributed by atoms with E-state index >= 15 is 0 Å². The van der Waals surface area contributed by atoms with Gasteiger partial charge >= 0.3 is 5.97 Å². The molecular weight excluding hydrogens is 226 g/mol. The Morgan fingerprint density at radius 1 is 1.22 bits per heavy atom. The van der Waals surface area contributed by atoms with E-state index in [4.69, 9.17) is 10.5 Å². The Labute approximate surface area is 106 Å². The molecule has 0 aliphatic rings. The first-order chi connectivity index (χ1) is 8.72. The fourth-order valence-electron chi connectivity index (χ4n) is 1.84. The van der Waals surface area contributed by atoms with Crippen LogP contribution in [0.1, 0.15) is 12.5 Å². The van der Waals surface area contributed by atoms with Crippen molar-refractivity contribution in [2.75, 3.05) is 12.3 Å². The van der Waals surface area contributed by atoms with E-state index in [1.165, 1.54) is 6.08 Å². The summed E-state index contributed by atoms with van der Waals surface area (Å²) >= 11 is 0. The third kappa shape index (κ3) is 2.51. The predicted octanol–water partition coefficient (Wildman–Crippen LogP) is 3.00. The minimum Gasteiger partial charge on any atom is -0.463 e. The molecule has 2 aromatic rings. The standard InChI is InChI=1S/C15H15NO2/c1-2-18-15(17)10-8-11-7-9-14(16)13-6-4-3-5-12(11)13/h3-10H,2,16H2,1H3/b10-8+. The van der Waals surface area contributed by atoms with Gasteiger partial charge in [-0.15, -0.1) is 0 Å². The first kappa shape index (κ1) is 12.2. The maximum absolute atomic E-state index is 11.3. The van der Waals surface area contributed by atoms with Crippen molar-refractivity contribution in [2.45, 2.75) is 6.92 Å². The van der Waals surface area contributed by atoms with E-state index in [1.54, 1.807) is 13.0 Å². The summed E-state index contributed by atoms with van der Waals surface area (Å²) in [5.41, 5.74) is 7.60. The molecule has 0 fully saturated rings. The highest BCUT2D eigenvalue weighted by molar-refractivity contribution is 6.00. The van der Waals surface area contributed by atoms with Crippen LogP contribution < -0.4 is 5.73 Å². The molecular formula is C15H15NO2. The summed E-state index contributed by atoms with van der Waals surface area (Å²) in [6, 6.07) is 11.6. The fraction of sp³-hybridized carbons (Fsp3) is 0.133. The van der Waals surface area contributed by atoms with Gasteiger partial charge in [-0.25, -0.2) is 4.79 Å². The summed E-state index contributed by atoms with van der Waals surface area (Å²) in [5.74, 6) is -0.335. The highest BCUT2D eigenvalue weighted by atomic mass is 16.5. The first-order valence-electron chi connectivity index (χ1n) is 5.84. The normalized spacial score (nSPS) is 10.9. The minimum absolute atomic E-state index is 0.335. The van der Waals surface area contributed by atoms with Gasteiger partial charge in [-0.1, -0.05) is 30.3 Å². The molecule has 92 valence electrons. The van der Waals surface area contributed by atoms with Crippen molar-refractivity contribution < 1.29 is 9.53 Å². The van der Waals surface area contributed by atoms with Crippen LogP contribution >= 0.6 is 0 Å². The van der Waals surface area contributed by atoms with Crippen LogP contribution in [0.5, 0.6) is 0 Å². The number of fused-ring (bicyclic) bond motifs is 1. The molecule has 0 amide bonds. The van der Waals surface area contributed by atoms with E-state index in [9.17, 15) is 4.79 Å². The second-order valence-corrected chi connectivity index (χ2v) is 3.87. The Kier molecular flexibility index (Phi) is 3.63. The van der Waals surface area contributed by atoms with E-state index < -0.39 is 0 Å². The summed E-state index contributed by atoms with van der Waals surface area (Å²) < 4.78 is 4.85. The molecule has 2 aromatic carbocycles. The zero-order chi connectivity index (χ0) is 13.0. The third-order valence-corrected chi connectivity index (χ3v) is 2.68. The van der Waals surface area contributed by atoms with Gasteiger partial charge in [0.05, 0.1) is 6.61 Å². The Morgan fingerprint density at radius 2 is 1.94 bits per heavy atom. The Hall–Kier alpha value is -2.29. The highest BCUT2D eigenvalue weighted by Gasteiger charge is 2.01. The summed E-state index contributed by atoms with van der Waals surface area (Å²) in [6.45, 7) is 2.16. The minimum atomic E-state index is -0.335. The summed E-state index contributed by atoms with van der Waals surface area (Å²) in [5, 5.41) is 2.02. The number of esters is 1. The zero-order valence-electron chi connectivity index (χ0n) is 10.2. The molecule has 18 heavy (non-hydrogen) atoms. The number of ether oxygens (including phenoxy) is 1. The summed E-state index contributed by atoms with van der Waals surface area (Å²) in [7, 11) is 0. The van der Waals surface area contributed by atoms with Gasteiger partial charge in [-0.3, -0.25) is 0 Å². The number of carbonyl (C=O) groups is 1. The monoisotopic (exact) mass is 241 g/mol. The van der Waals surface area contributed by atoms with Crippen molar-refractivity contribution in [3.8, 4) is 0 Å². The Balaban J connectivity index is 2.40. The molecule has 0 aliphatic carbocycles. The van der Waals surface area contributed by atoms with Crippen LogP contribution in [0.25, 0.3) is 16.8 Å². The number of rotatable bonds is 3. The van der Waals surface area contributed by atoms with Gasteiger partial charge in [0, 0.05) is 17.1 Å². The Morgan fingerprint density at radius 3 is 2.67 bits per heavy atom. The molecule has 0 unspecified atom stereocenters. The smallest absolute Gasteiger partial charge is 0.330 e. The number of nitrogen functional groups attached to an aromatic ring is 1. The van der Waals surface area contributed by atoms with Gasteiger partial charge in [0.1, 0.15) is 0 Å². The molecule has 0 bridgehead atoms. The quantitative estimate of drug-likeness (QED) is 0.510. The molecule has 0 radical (unpaired) electrons. The van der Waals surface area contributed by atoms with Crippen molar-refractivity contribution in [3.05, 3.63) is 48.0 Å². The number of benzene rings is 2. The van der Waals surface area contributed by atoms with Crippen LogP contribution in [0.15, 0.2) is 42.5 Å². The first-order valence-corrected chi connectivity index (χ1v) is 5.84. The van der Waals surface area contributed by atoms with Gasteiger partial charge in [0.2, 0.25) is 0 Å². The van der Waals surface area contributed by atoms with Crippen LogP contribution in [0.4, 0.5) is 5.69 Å². The molecule has 2 rings (SSSR count). The van der Waals surface area contributed by atoms with Crippen LogP contribution in [0, 0.1) is 0 Å². The maximum atomic E-state index is 11.3. The molecule has 2 N–H and O–H groups in total. The van der Waals surface area contributed by atoms with Crippen LogP contribution in [0.2, 0.25) is 0 Å². The number of hydrogen-bond acceptors (Lipinski definition) is 3. The lowest BCUT2D eigenvalue weighted by Crippen LogP contribution is -1.98. The average Bonchev–Trinajstić information content (AvgIpc) is 2.39. The molecule has 0 saturated carbocycles. The van der Waals surface area contributed by atoms with Crippen LogP contribution in [0.3, 0.4) is 0 Å². The van der Waals surface area contributed by atoms with Crippen LogP contribution in [-0.2, 0) is 9.53 Å². The predicted molar refractivity (Wildman–Crippen MR) is 74.0 cm³/mol. The Bertz CT molecular complexity index is 602. The van der Waals surface area contributed by atoms with Crippen molar-refractivity contribution in [1.29, 1.82) is 0 Å². The van der Waals surface area contributed by atoms with Crippen molar-refractivity contribution in [2.24, 2.45) is 0 Å².